The Kier molecular flexibility index (Phi) is 4.97. The molecule has 1 aliphatic heterocycles. The fraction of sp³-hybridized carbons (Fsp3) is 0.136. The van der Waals surface area contributed by atoms with Gasteiger partial charge in [0.25, 0.3) is 5.56 Å². The van der Waals surface area contributed by atoms with Gasteiger partial charge in [0.2, 0.25) is 0 Å². The van der Waals surface area contributed by atoms with Crippen LogP contribution < -0.4 is 16.4 Å². The van der Waals surface area contributed by atoms with Crippen molar-refractivity contribution in [3.63, 3.8) is 0 Å². The van der Waals surface area contributed by atoms with E-state index in [2.05, 4.69) is 15.8 Å². The van der Waals surface area contributed by atoms with E-state index in [-0.39, 0.29) is 29.5 Å². The Labute approximate surface area is 167 Å². The molecular formula is C22H20N4O3. The molecule has 2 amide bonds. The van der Waals surface area contributed by atoms with Gasteiger partial charge in [-0.05, 0) is 17.7 Å². The van der Waals surface area contributed by atoms with Crippen LogP contribution in [0, 0.1) is 0 Å². The smallest absolute Gasteiger partial charge is 0.355 e. The number of rotatable bonds is 3. The van der Waals surface area contributed by atoms with Gasteiger partial charge in [0.1, 0.15) is 11.3 Å². The predicted molar refractivity (Wildman–Crippen MR) is 113 cm³/mol. The van der Waals surface area contributed by atoms with Crippen LogP contribution in [0.4, 0.5) is 4.79 Å². The lowest BCUT2D eigenvalue weighted by molar-refractivity contribution is 0.245. The molecule has 7 heteroatoms. The predicted octanol–water partition coefficient (Wildman–Crippen LogP) is 2.73. The number of aliphatic imine (C=N–C) groups is 1. The van der Waals surface area contributed by atoms with Crippen molar-refractivity contribution in [2.75, 3.05) is 0 Å². The molecule has 7 nitrogen and oxygen atoms in total. The molecule has 0 saturated carbocycles. The number of benzene rings is 2. The molecule has 3 aromatic rings. The maximum absolute atomic E-state index is 13.0. The summed E-state index contributed by atoms with van der Waals surface area (Å²) in [4.78, 5) is 29.1. The number of hydrazine groups is 1. The molecule has 1 atom stereocenters. The lowest BCUT2D eigenvalue weighted by Crippen LogP contribution is -2.40. The van der Waals surface area contributed by atoms with Crippen LogP contribution in [0.25, 0.3) is 17.0 Å². The summed E-state index contributed by atoms with van der Waals surface area (Å²) >= 11 is 0. The maximum atomic E-state index is 13.0. The van der Waals surface area contributed by atoms with E-state index >= 15 is 0 Å². The zero-order valence-electron chi connectivity index (χ0n) is 15.8. The van der Waals surface area contributed by atoms with Crippen molar-refractivity contribution >= 4 is 28.7 Å². The monoisotopic (exact) mass is 388 g/mol. The first-order valence-corrected chi connectivity index (χ1v) is 9.22. The SMILES string of the molecule is Cn1c(=O)c(C2=NC(=O)NNC(/C=C/c3ccccc3)C2)c(O)c2ccccc21. The van der Waals surface area contributed by atoms with E-state index in [1.807, 2.05) is 42.5 Å². The molecule has 3 N–H and O–H groups in total. The molecule has 146 valence electrons. The van der Waals surface area contributed by atoms with Crippen LogP contribution in [0.1, 0.15) is 17.5 Å². The van der Waals surface area contributed by atoms with Gasteiger partial charge in [0, 0.05) is 18.9 Å². The zero-order chi connectivity index (χ0) is 20.4. The van der Waals surface area contributed by atoms with E-state index in [1.54, 1.807) is 31.3 Å². The third-order valence-electron chi connectivity index (χ3n) is 4.90. The van der Waals surface area contributed by atoms with E-state index in [1.165, 1.54) is 4.57 Å². The van der Waals surface area contributed by atoms with Crippen LogP contribution in [-0.4, -0.2) is 27.5 Å². The van der Waals surface area contributed by atoms with E-state index in [9.17, 15) is 14.7 Å². The van der Waals surface area contributed by atoms with Gasteiger partial charge in [-0.2, -0.15) is 4.99 Å². The van der Waals surface area contributed by atoms with Gasteiger partial charge in [-0.25, -0.2) is 10.2 Å². The van der Waals surface area contributed by atoms with Gasteiger partial charge in [0.05, 0.1) is 17.3 Å². The fourth-order valence-corrected chi connectivity index (χ4v) is 3.42. The Morgan fingerprint density at radius 1 is 1.10 bits per heavy atom. The molecule has 1 aromatic heterocycles. The van der Waals surface area contributed by atoms with Crippen molar-refractivity contribution in [3.8, 4) is 5.75 Å². The number of hydrogen-bond acceptors (Lipinski definition) is 4. The second-order valence-corrected chi connectivity index (χ2v) is 6.82. The molecule has 0 radical (unpaired) electrons. The Balaban J connectivity index is 1.76. The summed E-state index contributed by atoms with van der Waals surface area (Å²) in [5.41, 5.74) is 6.90. The topological polar surface area (TPSA) is 95.7 Å². The first-order chi connectivity index (χ1) is 14.0. The van der Waals surface area contributed by atoms with E-state index in [0.29, 0.717) is 10.9 Å². The van der Waals surface area contributed by atoms with Gasteiger partial charge >= 0.3 is 6.03 Å². The lowest BCUT2D eigenvalue weighted by Gasteiger charge is -2.15. The molecule has 2 heterocycles. The summed E-state index contributed by atoms with van der Waals surface area (Å²) in [6.45, 7) is 0. The summed E-state index contributed by atoms with van der Waals surface area (Å²) in [5, 5.41) is 11.3. The Bertz CT molecular complexity index is 1200. The molecule has 1 aliphatic rings. The van der Waals surface area contributed by atoms with Gasteiger partial charge in [-0.1, -0.05) is 54.6 Å². The van der Waals surface area contributed by atoms with Gasteiger partial charge in [-0.3, -0.25) is 10.2 Å². The molecule has 1 unspecified atom stereocenters. The molecule has 0 aliphatic carbocycles. The number of hydrogen-bond donors (Lipinski definition) is 3. The molecule has 0 fully saturated rings. The van der Waals surface area contributed by atoms with Crippen LogP contribution in [0.15, 0.2) is 70.5 Å². The number of fused-ring (bicyclic) bond motifs is 1. The van der Waals surface area contributed by atoms with Crippen molar-refractivity contribution in [3.05, 3.63) is 82.2 Å². The summed E-state index contributed by atoms with van der Waals surface area (Å²) in [5.74, 6) is -0.164. The second-order valence-electron chi connectivity index (χ2n) is 6.82. The number of aromatic nitrogens is 1. The number of aromatic hydroxyl groups is 1. The Morgan fingerprint density at radius 3 is 2.62 bits per heavy atom. The maximum Gasteiger partial charge on any atom is 0.355 e. The minimum Gasteiger partial charge on any atom is -0.506 e. The first kappa shape index (κ1) is 18.6. The van der Waals surface area contributed by atoms with Gasteiger partial charge in [0.15, 0.2) is 0 Å². The van der Waals surface area contributed by atoms with E-state index in [0.717, 1.165) is 5.56 Å². The largest absolute Gasteiger partial charge is 0.506 e. The molecular weight excluding hydrogens is 368 g/mol. The number of nitrogens with zero attached hydrogens (tertiary/aromatic N) is 2. The van der Waals surface area contributed by atoms with Crippen LogP contribution in [0.2, 0.25) is 0 Å². The van der Waals surface area contributed by atoms with E-state index < -0.39 is 11.6 Å². The highest BCUT2D eigenvalue weighted by Crippen LogP contribution is 2.27. The number of urea groups is 1. The number of pyridine rings is 1. The molecule has 4 rings (SSSR count). The normalized spacial score (nSPS) is 17.2. The third-order valence-corrected chi connectivity index (χ3v) is 4.90. The molecule has 2 aromatic carbocycles. The van der Waals surface area contributed by atoms with Crippen molar-refractivity contribution in [1.82, 2.24) is 15.4 Å². The first-order valence-electron chi connectivity index (χ1n) is 9.22. The van der Waals surface area contributed by atoms with Crippen LogP contribution in [-0.2, 0) is 7.05 Å². The highest BCUT2D eigenvalue weighted by molar-refractivity contribution is 6.11. The van der Waals surface area contributed by atoms with Crippen molar-refractivity contribution in [2.24, 2.45) is 12.0 Å². The van der Waals surface area contributed by atoms with Crippen LogP contribution in [0.5, 0.6) is 5.75 Å². The number of para-hydroxylation sites is 1. The minimum atomic E-state index is -0.620. The number of carbonyl (C=O) groups is 1. The average Bonchev–Trinajstić information content (AvgIpc) is 2.93. The summed E-state index contributed by atoms with van der Waals surface area (Å²) in [7, 11) is 1.63. The number of carbonyl (C=O) groups excluding carboxylic acids is 1. The van der Waals surface area contributed by atoms with Crippen molar-refractivity contribution < 1.29 is 9.90 Å². The molecule has 29 heavy (non-hydrogen) atoms. The van der Waals surface area contributed by atoms with Crippen molar-refractivity contribution in [2.45, 2.75) is 12.5 Å². The fourth-order valence-electron chi connectivity index (χ4n) is 3.42. The lowest BCUT2D eigenvalue weighted by atomic mass is 10.00. The van der Waals surface area contributed by atoms with Gasteiger partial charge in [-0.15, -0.1) is 0 Å². The van der Waals surface area contributed by atoms with Crippen LogP contribution >= 0.6 is 0 Å². The third kappa shape index (κ3) is 3.68. The Morgan fingerprint density at radius 2 is 1.83 bits per heavy atom. The Hall–Kier alpha value is -3.71. The number of aryl methyl sites for hydroxylation is 1. The molecule has 0 bridgehead atoms. The number of nitrogens with one attached hydrogen (secondary N) is 2. The summed E-state index contributed by atoms with van der Waals surface area (Å²) in [6.07, 6.45) is 4.06. The quantitative estimate of drug-likeness (QED) is 0.643. The highest BCUT2D eigenvalue weighted by Gasteiger charge is 2.24. The van der Waals surface area contributed by atoms with E-state index in [4.69, 9.17) is 0 Å². The summed E-state index contributed by atoms with van der Waals surface area (Å²) < 4.78 is 1.46. The standard InChI is InChI=1S/C22H20N4O3/c1-26-18-10-6-5-9-16(18)20(27)19(21(26)28)17-13-15(24-25-22(29)23-17)12-11-14-7-3-2-4-8-14/h2-12,15,24,27H,13H2,1H3,(H,25,29)/b12-11+. The summed E-state index contributed by atoms with van der Waals surface area (Å²) in [6, 6.07) is 15.9. The van der Waals surface area contributed by atoms with Crippen LogP contribution in [0.3, 0.4) is 0 Å². The molecule has 0 spiro atoms. The number of amides is 2. The highest BCUT2D eigenvalue weighted by atomic mass is 16.3. The zero-order valence-corrected chi connectivity index (χ0v) is 15.8. The van der Waals surface area contributed by atoms with Gasteiger partial charge < -0.3 is 9.67 Å². The molecule has 0 saturated heterocycles. The second kappa shape index (κ2) is 7.73. The average molecular weight is 388 g/mol. The minimum absolute atomic E-state index is 0.0446. The van der Waals surface area contributed by atoms with Crippen molar-refractivity contribution in [1.29, 1.82) is 0 Å².